The van der Waals surface area contributed by atoms with Crippen molar-refractivity contribution in [2.75, 3.05) is 0 Å². The van der Waals surface area contributed by atoms with Crippen LogP contribution in [-0.2, 0) is 24.8 Å². The quantitative estimate of drug-likeness (QED) is 0.612. The number of hydrogen-bond acceptors (Lipinski definition) is 4. The number of hydrogen-bond donors (Lipinski definition) is 0. The number of ether oxygens (including phenoxy) is 1. The second-order valence-electron chi connectivity index (χ2n) is 7.67. The Labute approximate surface area is 161 Å². The molecule has 6 heteroatoms. The summed E-state index contributed by atoms with van der Waals surface area (Å²) in [6.07, 6.45) is 1.85. The van der Waals surface area contributed by atoms with E-state index in [9.17, 15) is 14.4 Å². The maximum atomic E-state index is 13.4. The van der Waals surface area contributed by atoms with Crippen LogP contribution in [-0.4, -0.2) is 15.1 Å². The van der Waals surface area contributed by atoms with Gasteiger partial charge in [-0.2, -0.15) is 0 Å². The van der Waals surface area contributed by atoms with Crippen molar-refractivity contribution in [1.29, 1.82) is 0 Å². The molecule has 0 radical (unpaired) electrons. The zero-order chi connectivity index (χ0) is 19.6. The Morgan fingerprint density at radius 2 is 1.93 bits per heavy atom. The lowest BCUT2D eigenvalue weighted by atomic mass is 9.86. The van der Waals surface area contributed by atoms with Gasteiger partial charge in [0.05, 0.1) is 17.5 Å². The zero-order valence-corrected chi connectivity index (χ0v) is 15.8. The lowest BCUT2D eigenvalue weighted by molar-refractivity contribution is -0.135. The molecule has 5 rings (SSSR count). The van der Waals surface area contributed by atoms with Crippen LogP contribution in [0.25, 0.3) is 10.9 Å². The molecule has 0 unspecified atom stereocenters. The van der Waals surface area contributed by atoms with Crippen molar-refractivity contribution in [3.8, 4) is 5.75 Å². The van der Waals surface area contributed by atoms with Crippen molar-refractivity contribution < 1.29 is 9.53 Å². The van der Waals surface area contributed by atoms with E-state index in [0.717, 1.165) is 23.7 Å². The number of aryl methyl sites for hydroxylation is 3. The molecule has 2 aliphatic heterocycles. The summed E-state index contributed by atoms with van der Waals surface area (Å²) in [4.78, 5) is 38.6. The highest BCUT2D eigenvalue weighted by molar-refractivity contribution is 5.84. The largest absolute Gasteiger partial charge is 0.426 e. The summed E-state index contributed by atoms with van der Waals surface area (Å²) < 4.78 is 8.69. The molecule has 0 aliphatic carbocycles. The molecule has 1 aromatic carbocycles. The molecule has 0 spiro atoms. The maximum absolute atomic E-state index is 13.4. The van der Waals surface area contributed by atoms with Gasteiger partial charge in [-0.1, -0.05) is 18.2 Å². The fourth-order valence-electron chi connectivity index (χ4n) is 4.55. The first-order valence-corrected chi connectivity index (χ1v) is 9.52. The van der Waals surface area contributed by atoms with Gasteiger partial charge in [-0.15, -0.1) is 0 Å². The van der Waals surface area contributed by atoms with Gasteiger partial charge >= 0.3 is 5.97 Å². The third-order valence-corrected chi connectivity index (χ3v) is 6.04. The Kier molecular flexibility index (Phi) is 3.59. The topological polar surface area (TPSA) is 70.3 Å². The summed E-state index contributed by atoms with van der Waals surface area (Å²) in [6, 6.07) is 9.59. The van der Waals surface area contributed by atoms with E-state index in [-0.39, 0.29) is 23.3 Å². The van der Waals surface area contributed by atoms with E-state index in [2.05, 4.69) is 6.07 Å². The molecule has 0 N–H and O–H groups in total. The Balaban J connectivity index is 1.83. The Hall–Kier alpha value is -3.15. The predicted octanol–water partition coefficient (Wildman–Crippen LogP) is 2.40. The minimum Gasteiger partial charge on any atom is -0.426 e. The normalized spacial score (nSPS) is 18.1. The Morgan fingerprint density at radius 1 is 1.11 bits per heavy atom. The zero-order valence-electron chi connectivity index (χ0n) is 15.8. The number of benzene rings is 1. The second-order valence-corrected chi connectivity index (χ2v) is 7.67. The third kappa shape index (κ3) is 2.30. The number of aromatic nitrogens is 2. The molecule has 1 atom stereocenters. The van der Waals surface area contributed by atoms with Crippen molar-refractivity contribution in [3.05, 3.63) is 73.4 Å². The average Bonchev–Trinajstić information content (AvgIpc) is 2.68. The number of pyridine rings is 2. The Bertz CT molecular complexity index is 1280. The molecule has 0 amide bonds. The van der Waals surface area contributed by atoms with Gasteiger partial charge in [-0.05, 0) is 36.8 Å². The van der Waals surface area contributed by atoms with Crippen LogP contribution >= 0.6 is 0 Å². The maximum Gasteiger partial charge on any atom is 0.312 e. The summed E-state index contributed by atoms with van der Waals surface area (Å²) in [7, 11) is 1.69. The highest BCUT2D eigenvalue weighted by atomic mass is 16.5. The summed E-state index contributed by atoms with van der Waals surface area (Å²) in [5, 5.41) is 0.969. The highest BCUT2D eigenvalue weighted by Gasteiger charge is 2.34. The molecule has 4 heterocycles. The smallest absolute Gasteiger partial charge is 0.312 e. The number of fused-ring (bicyclic) bond motifs is 1. The number of esters is 1. The van der Waals surface area contributed by atoms with Gasteiger partial charge in [0, 0.05) is 36.8 Å². The SMILES string of the molecule is Cc1cc2c(c(=O)n1C)[C@@H](c1cc3cccc4c3n(c1=O)CCC4)CC(=O)O2. The van der Waals surface area contributed by atoms with Gasteiger partial charge in [0.15, 0.2) is 0 Å². The minimum absolute atomic E-state index is 0.00820. The van der Waals surface area contributed by atoms with Crippen LogP contribution in [0, 0.1) is 6.92 Å². The van der Waals surface area contributed by atoms with Crippen LogP contribution in [0.5, 0.6) is 5.75 Å². The number of para-hydroxylation sites is 1. The molecule has 0 fully saturated rings. The summed E-state index contributed by atoms with van der Waals surface area (Å²) >= 11 is 0. The van der Waals surface area contributed by atoms with E-state index in [4.69, 9.17) is 4.74 Å². The van der Waals surface area contributed by atoms with Crippen LogP contribution < -0.4 is 15.9 Å². The molecule has 3 aromatic rings. The summed E-state index contributed by atoms with van der Waals surface area (Å²) in [6.45, 7) is 2.44. The lowest BCUT2D eigenvalue weighted by Crippen LogP contribution is -2.36. The molecule has 0 bridgehead atoms. The van der Waals surface area contributed by atoms with Gasteiger partial charge in [-0.3, -0.25) is 14.4 Å². The molecule has 0 saturated carbocycles. The molecule has 6 nitrogen and oxygen atoms in total. The first-order valence-electron chi connectivity index (χ1n) is 9.52. The van der Waals surface area contributed by atoms with Crippen molar-refractivity contribution in [2.45, 2.75) is 38.6 Å². The van der Waals surface area contributed by atoms with Crippen molar-refractivity contribution >= 4 is 16.9 Å². The standard InChI is InChI=1S/C22H20N2O4/c1-12-9-17-19(22(27)23(12)2)15(11-18(25)28-17)16-10-14-6-3-5-13-7-4-8-24(20(13)14)21(16)26/h3,5-6,9-10,15H,4,7-8,11H2,1-2H3/t15-/m1/s1. The van der Waals surface area contributed by atoms with Crippen LogP contribution in [0.4, 0.5) is 0 Å². The summed E-state index contributed by atoms with van der Waals surface area (Å²) in [5.41, 5.74) is 3.38. The number of carbonyl (C=O) groups is 1. The van der Waals surface area contributed by atoms with E-state index in [1.54, 1.807) is 20.0 Å². The van der Waals surface area contributed by atoms with Gasteiger partial charge in [0.2, 0.25) is 0 Å². The monoisotopic (exact) mass is 376 g/mol. The molecule has 142 valence electrons. The molecule has 28 heavy (non-hydrogen) atoms. The van der Waals surface area contributed by atoms with Gasteiger partial charge < -0.3 is 13.9 Å². The predicted molar refractivity (Wildman–Crippen MR) is 105 cm³/mol. The van der Waals surface area contributed by atoms with Crippen molar-refractivity contribution in [1.82, 2.24) is 9.13 Å². The van der Waals surface area contributed by atoms with Crippen LogP contribution in [0.2, 0.25) is 0 Å². The fraction of sp³-hybridized carbons (Fsp3) is 0.318. The molecule has 2 aromatic heterocycles. The van der Waals surface area contributed by atoms with E-state index in [0.29, 0.717) is 23.4 Å². The molecule has 0 saturated heterocycles. The van der Waals surface area contributed by atoms with Crippen LogP contribution in [0.3, 0.4) is 0 Å². The Morgan fingerprint density at radius 3 is 2.75 bits per heavy atom. The third-order valence-electron chi connectivity index (χ3n) is 6.04. The second kappa shape index (κ2) is 5.92. The first-order chi connectivity index (χ1) is 13.5. The van der Waals surface area contributed by atoms with E-state index >= 15 is 0 Å². The number of nitrogens with zero attached hydrogens (tertiary/aromatic N) is 2. The first kappa shape index (κ1) is 17.0. The highest BCUT2D eigenvalue weighted by Crippen LogP contribution is 2.37. The number of carbonyl (C=O) groups excluding carboxylic acids is 1. The van der Waals surface area contributed by atoms with E-state index in [1.807, 2.05) is 22.8 Å². The fourth-order valence-corrected chi connectivity index (χ4v) is 4.55. The van der Waals surface area contributed by atoms with Crippen molar-refractivity contribution in [3.63, 3.8) is 0 Å². The van der Waals surface area contributed by atoms with Gasteiger partial charge in [0.25, 0.3) is 11.1 Å². The van der Waals surface area contributed by atoms with E-state index in [1.165, 1.54) is 10.1 Å². The summed E-state index contributed by atoms with van der Waals surface area (Å²) in [5.74, 6) is -0.743. The van der Waals surface area contributed by atoms with Gasteiger partial charge in [0.1, 0.15) is 5.75 Å². The van der Waals surface area contributed by atoms with Crippen molar-refractivity contribution in [2.24, 2.45) is 7.05 Å². The lowest BCUT2D eigenvalue weighted by Gasteiger charge is -2.27. The molecular weight excluding hydrogens is 356 g/mol. The minimum atomic E-state index is -0.596. The average molecular weight is 376 g/mol. The van der Waals surface area contributed by atoms with Crippen LogP contribution in [0.1, 0.15) is 41.1 Å². The molecular formula is C22H20N2O4. The number of rotatable bonds is 1. The molecule has 2 aliphatic rings. The van der Waals surface area contributed by atoms with E-state index < -0.39 is 11.9 Å². The van der Waals surface area contributed by atoms with Crippen LogP contribution in [0.15, 0.2) is 39.9 Å². The van der Waals surface area contributed by atoms with Gasteiger partial charge in [-0.25, -0.2) is 0 Å².